The Kier molecular flexibility index (Phi) is 6.00. The van der Waals surface area contributed by atoms with Crippen molar-refractivity contribution in [2.75, 3.05) is 19.6 Å². The maximum atomic E-state index is 13.0. The van der Waals surface area contributed by atoms with Crippen LogP contribution in [0.4, 0.5) is 4.79 Å². The second-order valence-electron chi connectivity index (χ2n) is 10.8. The molecule has 2 aromatic rings. The number of aromatic nitrogens is 4. The van der Waals surface area contributed by atoms with Gasteiger partial charge in [-0.25, -0.2) is 14.6 Å². The summed E-state index contributed by atoms with van der Waals surface area (Å²) in [6, 6.07) is -0.917. The van der Waals surface area contributed by atoms with Crippen molar-refractivity contribution in [3.63, 3.8) is 0 Å². The van der Waals surface area contributed by atoms with Crippen LogP contribution < -0.4 is 16.6 Å². The molecule has 2 aliphatic heterocycles. The minimum absolute atomic E-state index is 0.0501. The van der Waals surface area contributed by atoms with E-state index in [1.54, 1.807) is 16.4 Å². The summed E-state index contributed by atoms with van der Waals surface area (Å²) in [7, 11) is 2.93. The van der Waals surface area contributed by atoms with E-state index in [0.717, 1.165) is 17.4 Å². The topological polar surface area (TPSA) is 152 Å². The van der Waals surface area contributed by atoms with E-state index < -0.39 is 28.4 Å². The first-order chi connectivity index (χ1) is 17.5. The number of likely N-dealkylation sites (tertiary alicyclic amines) is 1. The van der Waals surface area contributed by atoms with Crippen molar-refractivity contribution in [3.05, 3.63) is 27.2 Å². The Bertz CT molecular complexity index is 1400. The summed E-state index contributed by atoms with van der Waals surface area (Å²) in [5, 5.41) is 14.2. The Morgan fingerprint density at radius 1 is 1.16 bits per heavy atom. The molecule has 2 aromatic heterocycles. The number of β-amino-alcohol motifs (C(OH)–C–C–N with tert-alkyl or cyclic N) is 1. The molecule has 1 spiro atoms. The molecule has 4 heterocycles. The van der Waals surface area contributed by atoms with Gasteiger partial charge in [0.15, 0.2) is 11.2 Å². The van der Waals surface area contributed by atoms with Crippen LogP contribution in [-0.2, 0) is 23.7 Å². The number of carbonyl (C=O) groups excluding carboxylic acids is 3. The van der Waals surface area contributed by atoms with Crippen LogP contribution in [0, 0.1) is 0 Å². The highest BCUT2D eigenvalue weighted by Crippen LogP contribution is 2.36. The number of urea groups is 1. The fourth-order valence-electron chi connectivity index (χ4n) is 6.16. The Morgan fingerprint density at radius 2 is 1.86 bits per heavy atom. The van der Waals surface area contributed by atoms with Crippen molar-refractivity contribution >= 4 is 29.0 Å². The van der Waals surface area contributed by atoms with Gasteiger partial charge in [0, 0.05) is 33.6 Å². The molecule has 4 amide bonds. The van der Waals surface area contributed by atoms with Gasteiger partial charge in [0.1, 0.15) is 11.1 Å². The third kappa shape index (κ3) is 3.95. The van der Waals surface area contributed by atoms with Gasteiger partial charge in [0.2, 0.25) is 5.91 Å². The first-order valence-corrected chi connectivity index (χ1v) is 12.7. The molecule has 0 bridgehead atoms. The van der Waals surface area contributed by atoms with Crippen LogP contribution in [-0.4, -0.2) is 82.2 Å². The highest BCUT2D eigenvalue weighted by molar-refractivity contribution is 6.07. The smallest absolute Gasteiger partial charge is 0.332 e. The molecular weight excluding hydrogens is 482 g/mol. The van der Waals surface area contributed by atoms with Crippen LogP contribution in [0.5, 0.6) is 0 Å². The number of fused-ring (bicyclic) bond motifs is 1. The average molecular weight is 516 g/mol. The van der Waals surface area contributed by atoms with Gasteiger partial charge in [-0.15, -0.1) is 0 Å². The van der Waals surface area contributed by atoms with E-state index in [0.29, 0.717) is 32.2 Å². The number of aryl methyl sites for hydroxylation is 1. The quantitative estimate of drug-likeness (QED) is 0.514. The first-order valence-electron chi connectivity index (χ1n) is 12.7. The molecule has 200 valence electrons. The minimum atomic E-state index is -1.36. The summed E-state index contributed by atoms with van der Waals surface area (Å²) in [5.74, 6) is -0.363. The van der Waals surface area contributed by atoms with E-state index in [2.05, 4.69) is 10.3 Å². The largest absolute Gasteiger partial charge is 0.386 e. The van der Waals surface area contributed by atoms with Crippen molar-refractivity contribution in [2.24, 2.45) is 14.1 Å². The van der Waals surface area contributed by atoms with E-state index in [4.69, 9.17) is 0 Å². The summed E-state index contributed by atoms with van der Waals surface area (Å²) < 4.78 is 3.91. The van der Waals surface area contributed by atoms with E-state index in [1.807, 2.05) is 0 Å². The molecule has 2 atom stereocenters. The maximum Gasteiger partial charge on any atom is 0.332 e. The number of imide groups is 1. The van der Waals surface area contributed by atoms with E-state index >= 15 is 0 Å². The van der Waals surface area contributed by atoms with Gasteiger partial charge in [0.05, 0.1) is 18.9 Å². The molecule has 2 N–H and O–H groups in total. The Labute approximate surface area is 212 Å². The maximum absolute atomic E-state index is 13.0. The molecule has 37 heavy (non-hydrogen) atoms. The summed E-state index contributed by atoms with van der Waals surface area (Å²) in [6.07, 6.45) is 5.46. The van der Waals surface area contributed by atoms with Crippen LogP contribution in [0.3, 0.4) is 0 Å². The van der Waals surface area contributed by atoms with E-state index in [1.165, 1.54) is 29.9 Å². The van der Waals surface area contributed by atoms with Crippen LogP contribution in [0.1, 0.15) is 57.9 Å². The molecule has 13 heteroatoms. The minimum Gasteiger partial charge on any atom is -0.386 e. The predicted octanol–water partition coefficient (Wildman–Crippen LogP) is -0.397. The fourth-order valence-corrected chi connectivity index (χ4v) is 6.16. The third-order valence-corrected chi connectivity index (χ3v) is 8.24. The Morgan fingerprint density at radius 3 is 2.54 bits per heavy atom. The zero-order valence-electron chi connectivity index (χ0n) is 21.4. The fraction of sp³-hybridized carbons (Fsp3) is 0.667. The van der Waals surface area contributed by atoms with Gasteiger partial charge in [-0.2, -0.15) is 0 Å². The monoisotopic (exact) mass is 515 g/mol. The molecule has 0 radical (unpaired) electrons. The van der Waals surface area contributed by atoms with Crippen molar-refractivity contribution in [2.45, 2.75) is 69.1 Å². The number of carbonyl (C=O) groups is 3. The normalized spacial score (nSPS) is 25.5. The number of hydrogen-bond acceptors (Lipinski definition) is 7. The van der Waals surface area contributed by atoms with E-state index in [-0.39, 0.29) is 48.5 Å². The summed E-state index contributed by atoms with van der Waals surface area (Å²) in [4.78, 5) is 70.2. The number of piperidine rings is 1. The highest BCUT2D eigenvalue weighted by atomic mass is 16.3. The van der Waals surface area contributed by atoms with Crippen LogP contribution in [0.15, 0.2) is 15.9 Å². The predicted molar refractivity (Wildman–Crippen MR) is 132 cm³/mol. The number of imidazole rings is 1. The standard InChI is InChI=1S/C24H33N7O6/c1-23(37)13-29(16(32)7-6-11-30-20(34)24(26-21(30)35)9-4-5-10-24)12-8-15(23)31-14-25-18-17(31)19(33)28(3)22(36)27(18)2/h14-15,37H,4-13H2,1-3H3,(H,26,35)/t15-,23-/m1/s1. The lowest BCUT2D eigenvalue weighted by Crippen LogP contribution is -2.54. The lowest BCUT2D eigenvalue weighted by atomic mass is 9.88. The molecule has 1 saturated carbocycles. The number of rotatable bonds is 5. The molecule has 2 saturated heterocycles. The Hall–Kier alpha value is -3.48. The lowest BCUT2D eigenvalue weighted by Gasteiger charge is -2.43. The SMILES string of the molecule is Cn1c(=O)c2c(ncn2[C@@H]2CCN(C(=O)CCCN3C(=O)NC4(CCCC4)C3=O)C[C@@]2(C)O)n(C)c1=O. The third-order valence-electron chi connectivity index (χ3n) is 8.24. The summed E-state index contributed by atoms with van der Waals surface area (Å²) in [5.41, 5.74) is -2.63. The molecule has 3 fully saturated rings. The number of amides is 4. The van der Waals surface area contributed by atoms with Crippen LogP contribution in [0.2, 0.25) is 0 Å². The summed E-state index contributed by atoms with van der Waals surface area (Å²) in [6.45, 7) is 2.20. The van der Waals surface area contributed by atoms with Gasteiger partial charge >= 0.3 is 11.7 Å². The first kappa shape index (κ1) is 25.2. The van der Waals surface area contributed by atoms with Crippen molar-refractivity contribution in [3.8, 4) is 0 Å². The van der Waals surface area contributed by atoms with Gasteiger partial charge in [0.25, 0.3) is 11.5 Å². The van der Waals surface area contributed by atoms with Crippen LogP contribution in [0.25, 0.3) is 11.2 Å². The molecule has 0 unspecified atom stereocenters. The second-order valence-corrected chi connectivity index (χ2v) is 10.8. The molecule has 1 aliphatic carbocycles. The molecule has 0 aromatic carbocycles. The average Bonchev–Trinajstić information content (AvgIpc) is 3.56. The molecular formula is C24H33N7O6. The van der Waals surface area contributed by atoms with Crippen LogP contribution >= 0.6 is 0 Å². The van der Waals surface area contributed by atoms with Crippen molar-refractivity contribution < 1.29 is 19.5 Å². The number of aliphatic hydroxyl groups is 1. The number of nitrogens with one attached hydrogen (secondary N) is 1. The molecule has 13 nitrogen and oxygen atoms in total. The van der Waals surface area contributed by atoms with Gasteiger partial charge in [-0.3, -0.25) is 28.4 Å². The molecule has 5 rings (SSSR count). The zero-order chi connectivity index (χ0) is 26.7. The lowest BCUT2D eigenvalue weighted by molar-refractivity contribution is -0.141. The Balaban J connectivity index is 1.24. The van der Waals surface area contributed by atoms with Crippen molar-refractivity contribution in [1.29, 1.82) is 0 Å². The zero-order valence-corrected chi connectivity index (χ0v) is 21.4. The van der Waals surface area contributed by atoms with E-state index in [9.17, 15) is 29.1 Å². The second kappa shape index (κ2) is 8.82. The number of nitrogens with zero attached hydrogens (tertiary/aromatic N) is 6. The summed E-state index contributed by atoms with van der Waals surface area (Å²) >= 11 is 0. The van der Waals surface area contributed by atoms with Gasteiger partial charge in [-0.05, 0) is 32.6 Å². The van der Waals surface area contributed by atoms with Gasteiger partial charge < -0.3 is 19.9 Å². The highest BCUT2D eigenvalue weighted by Gasteiger charge is 2.52. The van der Waals surface area contributed by atoms with Crippen molar-refractivity contribution in [1.82, 2.24) is 33.8 Å². The molecule has 3 aliphatic rings. The number of hydrogen-bond donors (Lipinski definition) is 2. The van der Waals surface area contributed by atoms with Gasteiger partial charge in [-0.1, -0.05) is 12.8 Å².